The molecule has 0 saturated carbocycles. The zero-order valence-corrected chi connectivity index (χ0v) is 17.2. The maximum Gasteiger partial charge on any atom is 0.315 e. The molecule has 0 aliphatic carbocycles. The molecule has 2 fully saturated rings. The van der Waals surface area contributed by atoms with Crippen LogP contribution in [-0.4, -0.2) is 35.0 Å². The van der Waals surface area contributed by atoms with Crippen LogP contribution in [0.4, 0.5) is 9.18 Å². The molecule has 2 heterocycles. The highest BCUT2D eigenvalue weighted by atomic mass is 35.5. The molecule has 0 spiro atoms. The number of rotatable bonds is 7. The van der Waals surface area contributed by atoms with E-state index in [9.17, 15) is 14.0 Å². The minimum absolute atomic E-state index is 0.0389. The number of fused-ring (bicyclic) bond motifs is 1. The van der Waals surface area contributed by atoms with Crippen molar-refractivity contribution in [2.75, 3.05) is 5.75 Å². The highest BCUT2D eigenvalue weighted by Gasteiger charge is 2.42. The van der Waals surface area contributed by atoms with E-state index in [0.717, 1.165) is 25.0 Å². The number of carbonyl (C=O) groups excluding carboxylic acids is 2. The number of carbonyl (C=O) groups is 2. The molecule has 4 atom stereocenters. The van der Waals surface area contributed by atoms with Crippen molar-refractivity contribution >= 4 is 46.9 Å². The molecule has 2 aliphatic rings. The Morgan fingerprint density at radius 3 is 2.89 bits per heavy atom. The molecule has 0 radical (unpaired) electrons. The van der Waals surface area contributed by atoms with Gasteiger partial charge in [-0.15, -0.1) is 0 Å². The van der Waals surface area contributed by atoms with E-state index in [-0.39, 0.29) is 29.0 Å². The van der Waals surface area contributed by atoms with Crippen molar-refractivity contribution in [2.45, 2.75) is 56.0 Å². The molecule has 5 nitrogen and oxygen atoms in total. The summed E-state index contributed by atoms with van der Waals surface area (Å²) in [4.78, 5) is 23.5. The van der Waals surface area contributed by atoms with Gasteiger partial charge in [0.2, 0.25) is 5.91 Å². The minimum Gasteiger partial charge on any atom is -0.350 e. The van der Waals surface area contributed by atoms with Crippen molar-refractivity contribution < 1.29 is 14.0 Å². The molecule has 3 amide bonds. The van der Waals surface area contributed by atoms with Crippen LogP contribution in [0.15, 0.2) is 12.1 Å². The van der Waals surface area contributed by atoms with Crippen molar-refractivity contribution in [3.63, 3.8) is 0 Å². The fourth-order valence-electron chi connectivity index (χ4n) is 3.54. The second-order valence-electron chi connectivity index (χ2n) is 6.94. The third-order valence-corrected chi connectivity index (χ3v) is 7.09. The van der Waals surface area contributed by atoms with E-state index in [1.54, 1.807) is 6.92 Å². The van der Waals surface area contributed by atoms with Crippen LogP contribution in [0.25, 0.3) is 0 Å². The van der Waals surface area contributed by atoms with E-state index >= 15 is 0 Å². The van der Waals surface area contributed by atoms with E-state index in [1.807, 2.05) is 11.8 Å². The molecular weight excluding hydrogens is 412 g/mol. The molecule has 3 N–H and O–H groups in total. The van der Waals surface area contributed by atoms with Gasteiger partial charge in [0.05, 0.1) is 23.1 Å². The van der Waals surface area contributed by atoms with Crippen LogP contribution in [-0.2, 0) is 4.79 Å². The third kappa shape index (κ3) is 5.00. The Balaban J connectivity index is 1.40. The van der Waals surface area contributed by atoms with Crippen molar-refractivity contribution in [3.8, 4) is 0 Å². The van der Waals surface area contributed by atoms with Crippen LogP contribution in [0.5, 0.6) is 0 Å². The minimum atomic E-state index is -0.557. The third-order valence-electron chi connectivity index (χ3n) is 4.96. The Bertz CT molecular complexity index is 737. The Morgan fingerprint density at radius 1 is 1.33 bits per heavy atom. The predicted octanol–water partition coefficient (Wildman–Crippen LogP) is 4.04. The Hall–Kier alpha value is -1.18. The molecular formula is C18H22Cl2FN3O2S. The molecule has 2 aliphatic heterocycles. The normalized spacial score (nSPS) is 24.9. The SMILES string of the molecule is CC(NC(=O)CCCC[C@@H]1SC[C@@H]2NC(=O)N[C@@H]21)c1cc(F)c(Cl)cc1Cl. The standard InChI is InChI=1S/C18H22Cl2FN3O2S/c1-9(10-6-13(21)12(20)7-11(10)19)22-16(25)5-3-2-4-15-17-14(8-27-15)23-18(26)24-17/h6-7,9,14-15,17H,2-5,8H2,1H3,(H,22,25)(H2,23,24,26)/t9?,14-,15-,17-/m0/s1. The van der Waals surface area contributed by atoms with Gasteiger partial charge < -0.3 is 16.0 Å². The maximum absolute atomic E-state index is 13.6. The first-order valence-electron chi connectivity index (χ1n) is 8.97. The zero-order chi connectivity index (χ0) is 19.6. The first-order valence-corrected chi connectivity index (χ1v) is 10.8. The summed E-state index contributed by atoms with van der Waals surface area (Å²) in [5.74, 6) is 0.282. The summed E-state index contributed by atoms with van der Waals surface area (Å²) in [7, 11) is 0. The smallest absolute Gasteiger partial charge is 0.315 e. The van der Waals surface area contributed by atoms with Crippen LogP contribution in [0.2, 0.25) is 10.0 Å². The number of hydrogen-bond acceptors (Lipinski definition) is 3. The average molecular weight is 434 g/mol. The van der Waals surface area contributed by atoms with Crippen molar-refractivity contribution in [1.82, 2.24) is 16.0 Å². The van der Waals surface area contributed by atoms with Gasteiger partial charge in [-0.3, -0.25) is 4.79 Å². The van der Waals surface area contributed by atoms with Crippen molar-refractivity contribution in [3.05, 3.63) is 33.6 Å². The lowest BCUT2D eigenvalue weighted by Crippen LogP contribution is -2.36. The molecule has 27 heavy (non-hydrogen) atoms. The molecule has 0 bridgehead atoms. The second-order valence-corrected chi connectivity index (χ2v) is 9.03. The second kappa shape index (κ2) is 8.88. The Labute approximate surface area is 172 Å². The summed E-state index contributed by atoms with van der Waals surface area (Å²) in [5, 5.41) is 9.43. The number of nitrogens with one attached hydrogen (secondary N) is 3. The van der Waals surface area contributed by atoms with E-state index in [2.05, 4.69) is 16.0 Å². The Kier molecular flexibility index (Phi) is 6.76. The average Bonchev–Trinajstić information content (AvgIpc) is 3.14. The van der Waals surface area contributed by atoms with E-state index in [1.165, 1.54) is 12.1 Å². The molecule has 9 heteroatoms. The molecule has 0 aromatic heterocycles. The fourth-order valence-corrected chi connectivity index (χ4v) is 5.63. The van der Waals surface area contributed by atoms with Gasteiger partial charge in [-0.2, -0.15) is 11.8 Å². The van der Waals surface area contributed by atoms with E-state index < -0.39 is 11.9 Å². The van der Waals surface area contributed by atoms with Crippen LogP contribution in [0.1, 0.15) is 44.2 Å². The number of amides is 3. The van der Waals surface area contributed by atoms with Crippen LogP contribution >= 0.6 is 35.0 Å². The summed E-state index contributed by atoms with van der Waals surface area (Å²) >= 11 is 13.7. The molecule has 1 unspecified atom stereocenters. The maximum atomic E-state index is 13.6. The topological polar surface area (TPSA) is 70.2 Å². The van der Waals surface area contributed by atoms with E-state index in [4.69, 9.17) is 23.2 Å². The number of urea groups is 1. The monoisotopic (exact) mass is 433 g/mol. The van der Waals surface area contributed by atoms with Gasteiger partial charge >= 0.3 is 6.03 Å². The van der Waals surface area contributed by atoms with Crippen LogP contribution in [0.3, 0.4) is 0 Å². The number of thioether (sulfide) groups is 1. The quantitative estimate of drug-likeness (QED) is 0.345. The summed E-state index contributed by atoms with van der Waals surface area (Å²) in [6.45, 7) is 1.76. The van der Waals surface area contributed by atoms with Gasteiger partial charge in [-0.1, -0.05) is 29.6 Å². The van der Waals surface area contributed by atoms with Gasteiger partial charge in [-0.05, 0) is 37.5 Å². The molecule has 2 saturated heterocycles. The van der Waals surface area contributed by atoms with Crippen LogP contribution in [0, 0.1) is 5.82 Å². The Morgan fingerprint density at radius 2 is 2.11 bits per heavy atom. The number of benzene rings is 1. The first kappa shape index (κ1) is 20.6. The highest BCUT2D eigenvalue weighted by molar-refractivity contribution is 8.00. The lowest BCUT2D eigenvalue weighted by Gasteiger charge is -2.17. The van der Waals surface area contributed by atoms with Crippen molar-refractivity contribution in [1.29, 1.82) is 0 Å². The van der Waals surface area contributed by atoms with Gasteiger partial charge in [0, 0.05) is 22.4 Å². The van der Waals surface area contributed by atoms with Gasteiger partial charge in [-0.25, -0.2) is 9.18 Å². The largest absolute Gasteiger partial charge is 0.350 e. The zero-order valence-electron chi connectivity index (χ0n) is 14.9. The number of hydrogen-bond donors (Lipinski definition) is 3. The van der Waals surface area contributed by atoms with E-state index in [0.29, 0.717) is 22.3 Å². The molecule has 3 rings (SSSR count). The fraction of sp³-hybridized carbons (Fsp3) is 0.556. The van der Waals surface area contributed by atoms with Crippen LogP contribution < -0.4 is 16.0 Å². The lowest BCUT2D eigenvalue weighted by atomic mass is 10.0. The lowest BCUT2D eigenvalue weighted by molar-refractivity contribution is -0.121. The summed E-state index contributed by atoms with van der Waals surface area (Å²) in [6, 6.07) is 2.54. The van der Waals surface area contributed by atoms with Crippen molar-refractivity contribution in [2.24, 2.45) is 0 Å². The summed E-state index contributed by atoms with van der Waals surface area (Å²) < 4.78 is 13.6. The van der Waals surface area contributed by atoms with Gasteiger partial charge in [0.1, 0.15) is 5.82 Å². The van der Waals surface area contributed by atoms with Gasteiger partial charge in [0.15, 0.2) is 0 Å². The predicted molar refractivity (Wildman–Crippen MR) is 107 cm³/mol. The highest BCUT2D eigenvalue weighted by Crippen LogP contribution is 2.33. The number of halogens is 3. The molecule has 1 aromatic rings. The van der Waals surface area contributed by atoms with Gasteiger partial charge in [0.25, 0.3) is 0 Å². The summed E-state index contributed by atoms with van der Waals surface area (Å²) in [5.41, 5.74) is 0.504. The first-order chi connectivity index (χ1) is 12.8. The molecule has 1 aromatic carbocycles. The molecule has 148 valence electrons. The summed E-state index contributed by atoms with van der Waals surface area (Å²) in [6.07, 6.45) is 3.03. The number of unbranched alkanes of at least 4 members (excludes halogenated alkanes) is 1.